The Kier molecular flexibility index (Phi) is 4.00. The first kappa shape index (κ1) is 11.7. The lowest BCUT2D eigenvalue weighted by atomic mass is 10.2. The van der Waals surface area contributed by atoms with Crippen LogP contribution in [0.2, 0.25) is 0 Å². The van der Waals surface area contributed by atoms with Crippen LogP contribution in [0, 0.1) is 0 Å². The number of hydrogen-bond donors (Lipinski definition) is 1. The zero-order valence-corrected chi connectivity index (χ0v) is 8.55. The molecule has 0 aromatic heterocycles. The zero-order chi connectivity index (χ0) is 9.94. The Balaban J connectivity index is 4.05. The fourth-order valence-electron chi connectivity index (χ4n) is 0.555. The Labute approximate surface area is 77.7 Å². The Morgan fingerprint density at radius 2 is 1.92 bits per heavy atom. The number of rotatable bonds is 2. The first-order chi connectivity index (χ1) is 5.24. The number of esters is 1. The van der Waals surface area contributed by atoms with Gasteiger partial charge in [0.1, 0.15) is 5.60 Å². The summed E-state index contributed by atoms with van der Waals surface area (Å²) in [6.07, 6.45) is -0.887. The van der Waals surface area contributed by atoms with Gasteiger partial charge in [-0.3, -0.25) is 4.79 Å². The van der Waals surface area contributed by atoms with Crippen molar-refractivity contribution in [2.75, 3.05) is 0 Å². The Morgan fingerprint density at radius 3 is 2.17 bits per heavy atom. The van der Waals surface area contributed by atoms with Crippen LogP contribution in [0.1, 0.15) is 27.7 Å². The molecule has 0 saturated heterocycles. The van der Waals surface area contributed by atoms with E-state index < -0.39 is 23.1 Å². The van der Waals surface area contributed by atoms with Crippen LogP contribution in [0.5, 0.6) is 0 Å². The molecule has 12 heavy (non-hydrogen) atoms. The maximum Gasteiger partial charge on any atom is 0.327 e. The Hall–Kier alpha value is -0.280. The summed E-state index contributed by atoms with van der Waals surface area (Å²) < 4.78 is 4.93. The van der Waals surface area contributed by atoms with Gasteiger partial charge in [0, 0.05) is 0 Å². The highest BCUT2D eigenvalue weighted by Crippen LogP contribution is 2.12. The molecule has 2 atom stereocenters. The van der Waals surface area contributed by atoms with Crippen LogP contribution < -0.4 is 0 Å². The van der Waals surface area contributed by atoms with Crippen molar-refractivity contribution in [3.05, 3.63) is 0 Å². The zero-order valence-electron chi connectivity index (χ0n) is 7.80. The van der Waals surface area contributed by atoms with Gasteiger partial charge in [0.25, 0.3) is 0 Å². The normalized spacial score (nSPS) is 16.8. The summed E-state index contributed by atoms with van der Waals surface area (Å²) in [6.45, 7) is 6.69. The van der Waals surface area contributed by atoms with Crippen LogP contribution in [-0.2, 0) is 9.53 Å². The maximum absolute atomic E-state index is 11.1. The van der Waals surface area contributed by atoms with Crippen molar-refractivity contribution in [2.24, 2.45) is 0 Å². The van der Waals surface area contributed by atoms with E-state index >= 15 is 0 Å². The number of carbonyl (C=O) groups excluding carboxylic acids is 1. The first-order valence-electron chi connectivity index (χ1n) is 3.79. The highest BCUT2D eigenvalue weighted by Gasteiger charge is 2.26. The minimum Gasteiger partial charge on any atom is -0.459 e. The van der Waals surface area contributed by atoms with Gasteiger partial charge in [-0.25, -0.2) is 0 Å². The van der Waals surface area contributed by atoms with Gasteiger partial charge in [-0.2, -0.15) is 0 Å². The molecule has 0 bridgehead atoms. The van der Waals surface area contributed by atoms with Gasteiger partial charge in [-0.1, -0.05) is 0 Å². The van der Waals surface area contributed by atoms with Crippen molar-refractivity contribution >= 4 is 17.6 Å². The molecule has 0 aliphatic carbocycles. The molecule has 0 radical (unpaired) electrons. The predicted molar refractivity (Wildman–Crippen MR) is 47.2 cm³/mol. The van der Waals surface area contributed by atoms with Crippen molar-refractivity contribution in [3.8, 4) is 0 Å². The van der Waals surface area contributed by atoms with E-state index in [4.69, 9.17) is 21.4 Å². The van der Waals surface area contributed by atoms with E-state index in [1.807, 2.05) is 0 Å². The van der Waals surface area contributed by atoms with Crippen LogP contribution in [-0.4, -0.2) is 28.2 Å². The van der Waals surface area contributed by atoms with E-state index in [9.17, 15) is 4.79 Å². The number of aliphatic hydroxyl groups excluding tert-OH is 1. The highest BCUT2D eigenvalue weighted by atomic mass is 35.5. The molecule has 0 rings (SSSR count). The van der Waals surface area contributed by atoms with Crippen molar-refractivity contribution in [2.45, 2.75) is 44.8 Å². The average molecular weight is 195 g/mol. The van der Waals surface area contributed by atoms with Crippen molar-refractivity contribution in [1.29, 1.82) is 0 Å². The van der Waals surface area contributed by atoms with Gasteiger partial charge in [-0.15, -0.1) is 11.6 Å². The third-order valence-corrected chi connectivity index (χ3v) is 1.60. The monoisotopic (exact) mass is 194 g/mol. The standard InChI is InChI=1S/C8H15ClO3/c1-5(10)6(9)7(11)12-8(2,3)4/h5-6,10H,1-4H3/t5?,6-/m0/s1. The maximum atomic E-state index is 11.1. The lowest BCUT2D eigenvalue weighted by Crippen LogP contribution is -2.34. The van der Waals surface area contributed by atoms with Crippen LogP contribution in [0.3, 0.4) is 0 Å². The molecule has 0 amide bonds. The molecule has 1 unspecified atom stereocenters. The van der Waals surface area contributed by atoms with Gasteiger partial charge in [-0.05, 0) is 27.7 Å². The topological polar surface area (TPSA) is 46.5 Å². The van der Waals surface area contributed by atoms with Gasteiger partial charge < -0.3 is 9.84 Å². The fraction of sp³-hybridized carbons (Fsp3) is 0.875. The number of ether oxygens (including phenoxy) is 1. The smallest absolute Gasteiger partial charge is 0.327 e. The van der Waals surface area contributed by atoms with Crippen molar-refractivity contribution in [1.82, 2.24) is 0 Å². The molecule has 0 saturated carbocycles. The molecule has 0 fully saturated rings. The first-order valence-corrected chi connectivity index (χ1v) is 4.22. The molecule has 0 aromatic rings. The molecule has 1 N–H and O–H groups in total. The number of aliphatic hydroxyl groups is 1. The average Bonchev–Trinajstić information content (AvgIpc) is 1.82. The van der Waals surface area contributed by atoms with Crippen LogP contribution in [0.25, 0.3) is 0 Å². The van der Waals surface area contributed by atoms with Crippen LogP contribution >= 0.6 is 11.6 Å². The van der Waals surface area contributed by atoms with Crippen molar-refractivity contribution < 1.29 is 14.6 Å². The molecule has 0 aromatic carbocycles. The minimum absolute atomic E-state index is 0.556. The van der Waals surface area contributed by atoms with E-state index in [0.29, 0.717) is 0 Å². The summed E-state index contributed by atoms with van der Waals surface area (Å²) >= 11 is 5.55. The quantitative estimate of drug-likeness (QED) is 0.533. The Morgan fingerprint density at radius 1 is 1.50 bits per heavy atom. The van der Waals surface area contributed by atoms with E-state index in [1.165, 1.54) is 6.92 Å². The second-order valence-corrected chi connectivity index (χ2v) is 4.15. The summed E-state index contributed by atoms with van der Waals surface area (Å²) in [7, 11) is 0. The molecule has 72 valence electrons. The summed E-state index contributed by atoms with van der Waals surface area (Å²) in [4.78, 5) is 11.1. The van der Waals surface area contributed by atoms with Gasteiger partial charge in [0.15, 0.2) is 5.38 Å². The SMILES string of the molecule is CC(O)[C@H](Cl)C(=O)OC(C)(C)C. The summed E-state index contributed by atoms with van der Waals surface area (Å²) in [5.74, 6) is -0.584. The van der Waals surface area contributed by atoms with Gasteiger partial charge in [0.05, 0.1) is 6.10 Å². The molecule has 0 spiro atoms. The minimum atomic E-state index is -0.982. The molecule has 3 nitrogen and oxygen atoms in total. The molecule has 0 aliphatic heterocycles. The van der Waals surface area contributed by atoms with Gasteiger partial charge >= 0.3 is 5.97 Å². The third-order valence-electron chi connectivity index (χ3n) is 1.06. The number of alkyl halides is 1. The third kappa shape index (κ3) is 4.57. The lowest BCUT2D eigenvalue weighted by molar-refractivity contribution is -0.156. The number of hydrogen-bond acceptors (Lipinski definition) is 3. The second kappa shape index (κ2) is 4.10. The highest BCUT2D eigenvalue weighted by molar-refractivity contribution is 6.30. The van der Waals surface area contributed by atoms with Crippen molar-refractivity contribution in [3.63, 3.8) is 0 Å². The fourth-order valence-corrected chi connectivity index (χ4v) is 0.600. The van der Waals surface area contributed by atoms with Gasteiger partial charge in [0.2, 0.25) is 0 Å². The predicted octanol–water partition coefficient (Wildman–Crippen LogP) is 1.32. The lowest BCUT2D eigenvalue weighted by Gasteiger charge is -2.22. The van der Waals surface area contributed by atoms with Crippen LogP contribution in [0.15, 0.2) is 0 Å². The molecule has 0 heterocycles. The van der Waals surface area contributed by atoms with E-state index in [-0.39, 0.29) is 0 Å². The Bertz CT molecular complexity index is 160. The van der Waals surface area contributed by atoms with E-state index in [0.717, 1.165) is 0 Å². The number of halogens is 1. The van der Waals surface area contributed by atoms with Crippen LogP contribution in [0.4, 0.5) is 0 Å². The molecular formula is C8H15ClO3. The largest absolute Gasteiger partial charge is 0.459 e. The number of carbonyl (C=O) groups is 1. The molecule has 0 aliphatic rings. The molecule has 4 heteroatoms. The second-order valence-electron chi connectivity index (χ2n) is 3.68. The molecular weight excluding hydrogens is 180 g/mol. The summed E-state index contributed by atoms with van der Waals surface area (Å²) in [5, 5.41) is 7.97. The van der Waals surface area contributed by atoms with E-state index in [1.54, 1.807) is 20.8 Å². The summed E-state index contributed by atoms with van der Waals surface area (Å²) in [6, 6.07) is 0. The summed E-state index contributed by atoms with van der Waals surface area (Å²) in [5.41, 5.74) is -0.556. The van der Waals surface area contributed by atoms with E-state index in [2.05, 4.69) is 0 Å².